The molecule has 6 nitrogen and oxygen atoms in total. The van der Waals surface area contributed by atoms with Crippen LogP contribution in [-0.2, 0) is 4.79 Å². The number of methoxy groups -OCH3 is 2. The Morgan fingerprint density at radius 1 is 1.03 bits per heavy atom. The van der Waals surface area contributed by atoms with Crippen LogP contribution in [-0.4, -0.2) is 36.2 Å². The van der Waals surface area contributed by atoms with Crippen molar-refractivity contribution in [2.75, 3.05) is 20.8 Å². The molecule has 34 heavy (non-hydrogen) atoms. The van der Waals surface area contributed by atoms with Gasteiger partial charge in [0.2, 0.25) is 5.91 Å². The summed E-state index contributed by atoms with van der Waals surface area (Å²) in [7, 11) is 3.12. The minimum Gasteiger partial charge on any atom is -0.493 e. The van der Waals surface area contributed by atoms with Crippen molar-refractivity contribution in [3.05, 3.63) is 78.1 Å². The predicted molar refractivity (Wildman–Crippen MR) is 131 cm³/mol. The highest BCUT2D eigenvalue weighted by atomic mass is 19.1. The van der Waals surface area contributed by atoms with Crippen molar-refractivity contribution >= 4 is 16.9 Å². The molecule has 4 rings (SSSR count). The van der Waals surface area contributed by atoms with Gasteiger partial charge in [0.25, 0.3) is 0 Å². The van der Waals surface area contributed by atoms with Crippen molar-refractivity contribution in [1.82, 2.24) is 14.9 Å². The van der Waals surface area contributed by atoms with Crippen molar-refractivity contribution in [1.29, 1.82) is 0 Å². The fourth-order valence-corrected chi connectivity index (χ4v) is 4.14. The van der Waals surface area contributed by atoms with Gasteiger partial charge in [-0.25, -0.2) is 9.37 Å². The summed E-state index contributed by atoms with van der Waals surface area (Å²) in [4.78, 5) is 18.4. The Labute approximate surface area is 198 Å². The number of rotatable bonds is 9. The number of hydrogen-bond acceptors (Lipinski definition) is 4. The SMILES string of the molecule is CCCCNC(=O)C(c1ccccc1F)n1c(-c2cccc(OC)c2OC)nc2ccccc21. The van der Waals surface area contributed by atoms with E-state index in [4.69, 9.17) is 14.5 Å². The van der Waals surface area contributed by atoms with E-state index in [0.717, 1.165) is 12.8 Å². The molecule has 176 valence electrons. The number of amides is 1. The van der Waals surface area contributed by atoms with Crippen molar-refractivity contribution in [2.45, 2.75) is 25.8 Å². The zero-order chi connectivity index (χ0) is 24.1. The zero-order valence-electron chi connectivity index (χ0n) is 19.5. The number of para-hydroxylation sites is 3. The van der Waals surface area contributed by atoms with Gasteiger partial charge >= 0.3 is 0 Å². The van der Waals surface area contributed by atoms with Crippen LogP contribution in [0.2, 0.25) is 0 Å². The molecule has 1 aromatic heterocycles. The lowest BCUT2D eigenvalue weighted by molar-refractivity contribution is -0.123. The topological polar surface area (TPSA) is 65.4 Å². The average Bonchev–Trinajstić information content (AvgIpc) is 3.24. The van der Waals surface area contributed by atoms with Crippen LogP contribution < -0.4 is 14.8 Å². The summed E-state index contributed by atoms with van der Waals surface area (Å²) in [5, 5.41) is 2.98. The molecular weight excluding hydrogens is 433 g/mol. The molecule has 0 spiro atoms. The smallest absolute Gasteiger partial charge is 0.247 e. The van der Waals surface area contributed by atoms with Gasteiger partial charge in [-0.05, 0) is 36.8 Å². The molecule has 7 heteroatoms. The lowest BCUT2D eigenvalue weighted by Gasteiger charge is -2.23. The number of unbranched alkanes of at least 4 members (excludes halogenated alkanes) is 1. The Kier molecular flexibility index (Phi) is 7.11. The van der Waals surface area contributed by atoms with E-state index in [1.807, 2.05) is 36.4 Å². The molecule has 1 unspecified atom stereocenters. The van der Waals surface area contributed by atoms with E-state index >= 15 is 4.39 Å². The van der Waals surface area contributed by atoms with E-state index in [2.05, 4.69) is 12.2 Å². The Bertz CT molecular complexity index is 1300. The number of benzene rings is 3. The van der Waals surface area contributed by atoms with Crippen LogP contribution in [0, 0.1) is 5.82 Å². The largest absolute Gasteiger partial charge is 0.493 e. The van der Waals surface area contributed by atoms with Gasteiger partial charge in [-0.2, -0.15) is 0 Å². The van der Waals surface area contributed by atoms with E-state index in [-0.39, 0.29) is 11.5 Å². The third kappa shape index (κ3) is 4.33. The molecule has 0 aliphatic heterocycles. The maximum atomic E-state index is 15.1. The molecule has 1 atom stereocenters. The summed E-state index contributed by atoms with van der Waals surface area (Å²) >= 11 is 0. The number of aromatic nitrogens is 2. The zero-order valence-corrected chi connectivity index (χ0v) is 19.5. The van der Waals surface area contributed by atoms with Crippen molar-refractivity contribution in [3.63, 3.8) is 0 Å². The molecule has 1 N–H and O–H groups in total. The van der Waals surface area contributed by atoms with E-state index in [1.165, 1.54) is 6.07 Å². The van der Waals surface area contributed by atoms with Gasteiger partial charge in [-0.1, -0.05) is 49.7 Å². The van der Waals surface area contributed by atoms with E-state index < -0.39 is 11.9 Å². The summed E-state index contributed by atoms with van der Waals surface area (Å²) < 4.78 is 28.1. The van der Waals surface area contributed by atoms with Crippen LogP contribution in [0.3, 0.4) is 0 Å². The van der Waals surface area contributed by atoms with Gasteiger partial charge in [-0.15, -0.1) is 0 Å². The number of fused-ring (bicyclic) bond motifs is 1. The third-order valence-corrected chi connectivity index (χ3v) is 5.78. The molecule has 0 fully saturated rings. The fraction of sp³-hybridized carbons (Fsp3) is 0.259. The maximum Gasteiger partial charge on any atom is 0.247 e. The normalized spacial score (nSPS) is 11.9. The van der Waals surface area contributed by atoms with Crippen LogP contribution in [0.1, 0.15) is 31.4 Å². The highest BCUT2D eigenvalue weighted by molar-refractivity contribution is 5.90. The molecular formula is C27H28FN3O3. The summed E-state index contributed by atoms with van der Waals surface area (Å²) in [6, 6.07) is 18.4. The Morgan fingerprint density at radius 2 is 1.79 bits per heavy atom. The van der Waals surface area contributed by atoms with E-state index in [9.17, 15) is 4.79 Å². The predicted octanol–water partition coefficient (Wildman–Crippen LogP) is 5.37. The van der Waals surface area contributed by atoms with Crippen LogP contribution in [0.5, 0.6) is 11.5 Å². The molecule has 0 aliphatic rings. The number of ether oxygens (including phenoxy) is 2. The number of carbonyl (C=O) groups excluding carboxylic acids is 1. The Hall–Kier alpha value is -3.87. The van der Waals surface area contributed by atoms with Crippen molar-refractivity contribution in [2.24, 2.45) is 0 Å². The minimum absolute atomic E-state index is 0.266. The molecule has 4 aromatic rings. The van der Waals surface area contributed by atoms with Crippen LogP contribution >= 0.6 is 0 Å². The van der Waals surface area contributed by atoms with Crippen molar-refractivity contribution in [3.8, 4) is 22.9 Å². The van der Waals surface area contributed by atoms with Gasteiger partial charge in [-0.3, -0.25) is 4.79 Å². The van der Waals surface area contributed by atoms with Crippen LogP contribution in [0.25, 0.3) is 22.4 Å². The monoisotopic (exact) mass is 461 g/mol. The first-order valence-corrected chi connectivity index (χ1v) is 11.3. The number of carbonyl (C=O) groups is 1. The quantitative estimate of drug-likeness (QED) is 0.341. The second-order valence-corrected chi connectivity index (χ2v) is 7.90. The average molecular weight is 462 g/mol. The van der Waals surface area contributed by atoms with Gasteiger partial charge in [0.1, 0.15) is 17.7 Å². The molecule has 0 saturated heterocycles. The van der Waals surface area contributed by atoms with Crippen molar-refractivity contribution < 1.29 is 18.7 Å². The number of nitrogens with zero attached hydrogens (tertiary/aromatic N) is 2. The highest BCUT2D eigenvalue weighted by Gasteiger charge is 2.31. The molecule has 0 radical (unpaired) electrons. The second kappa shape index (κ2) is 10.4. The van der Waals surface area contributed by atoms with Crippen LogP contribution in [0.4, 0.5) is 4.39 Å². The Morgan fingerprint density at radius 3 is 2.53 bits per heavy atom. The summed E-state index contributed by atoms with van der Waals surface area (Å²) in [6.07, 6.45) is 1.77. The lowest BCUT2D eigenvalue weighted by Crippen LogP contribution is -2.34. The molecule has 3 aromatic carbocycles. The number of nitrogens with one attached hydrogen (secondary N) is 1. The molecule has 0 bridgehead atoms. The van der Waals surface area contributed by atoms with Crippen LogP contribution in [0.15, 0.2) is 66.7 Å². The standard InChI is InChI=1S/C27H28FN3O3/c1-4-5-17-29-27(32)24(18-11-6-7-13-20(18)28)31-22-15-9-8-14-21(22)30-26(31)19-12-10-16-23(33-2)25(19)34-3/h6-16,24H,4-5,17H2,1-3H3,(H,29,32). The summed E-state index contributed by atoms with van der Waals surface area (Å²) in [6.45, 7) is 2.56. The molecule has 0 aliphatic carbocycles. The maximum absolute atomic E-state index is 15.1. The van der Waals surface area contributed by atoms with Gasteiger partial charge < -0.3 is 19.4 Å². The first kappa shape index (κ1) is 23.3. The number of imidazole rings is 1. The van der Waals surface area contributed by atoms with Gasteiger partial charge in [0.15, 0.2) is 11.5 Å². The second-order valence-electron chi connectivity index (χ2n) is 7.90. The number of halogens is 1. The third-order valence-electron chi connectivity index (χ3n) is 5.78. The molecule has 1 heterocycles. The number of hydrogen-bond donors (Lipinski definition) is 1. The molecule has 1 amide bonds. The first-order valence-electron chi connectivity index (χ1n) is 11.3. The first-order chi connectivity index (χ1) is 16.6. The summed E-state index contributed by atoms with van der Waals surface area (Å²) in [5.74, 6) is 0.744. The lowest BCUT2D eigenvalue weighted by atomic mass is 10.0. The summed E-state index contributed by atoms with van der Waals surface area (Å²) in [5.41, 5.74) is 2.30. The Balaban J connectivity index is 2.01. The fourth-order valence-electron chi connectivity index (χ4n) is 4.14. The highest BCUT2D eigenvalue weighted by Crippen LogP contribution is 2.40. The van der Waals surface area contributed by atoms with Gasteiger partial charge in [0, 0.05) is 12.1 Å². The minimum atomic E-state index is -0.976. The molecule has 0 saturated carbocycles. The van der Waals surface area contributed by atoms with E-state index in [1.54, 1.807) is 43.1 Å². The van der Waals surface area contributed by atoms with Gasteiger partial charge in [0.05, 0.1) is 30.8 Å². The van der Waals surface area contributed by atoms with E-state index in [0.29, 0.717) is 40.5 Å².